The summed E-state index contributed by atoms with van der Waals surface area (Å²) in [4.78, 5) is 32.2. The highest BCUT2D eigenvalue weighted by Gasteiger charge is 2.26. The van der Waals surface area contributed by atoms with Crippen LogP contribution in [-0.4, -0.2) is 53.2 Å². The van der Waals surface area contributed by atoms with Crippen molar-refractivity contribution in [1.82, 2.24) is 19.6 Å². The van der Waals surface area contributed by atoms with Gasteiger partial charge in [0.15, 0.2) is 10.7 Å². The maximum atomic E-state index is 12.6. The fourth-order valence-corrected chi connectivity index (χ4v) is 5.13. The summed E-state index contributed by atoms with van der Waals surface area (Å²) in [5, 5.41) is 2.63. The van der Waals surface area contributed by atoms with Gasteiger partial charge in [-0.05, 0) is 43.3 Å². The molecule has 0 saturated carbocycles. The number of nitrogens with one attached hydrogen (secondary N) is 1. The normalized spacial score (nSPS) is 14.9. The average Bonchev–Trinajstić information content (AvgIpc) is 3.29. The third kappa shape index (κ3) is 3.30. The predicted molar refractivity (Wildman–Crippen MR) is 119 cm³/mol. The van der Waals surface area contributed by atoms with Crippen LogP contribution in [-0.2, 0) is 0 Å². The molecule has 0 aliphatic carbocycles. The molecular formula is C23H22N4O2S. The molecule has 0 spiro atoms. The van der Waals surface area contributed by atoms with E-state index in [4.69, 9.17) is 4.98 Å². The average molecular weight is 419 g/mol. The molecule has 1 saturated heterocycles. The van der Waals surface area contributed by atoms with E-state index in [9.17, 15) is 9.59 Å². The molecule has 1 aliphatic rings. The molecule has 1 aliphatic heterocycles. The lowest BCUT2D eigenvalue weighted by atomic mass is 9.92. The van der Waals surface area contributed by atoms with Crippen LogP contribution in [0, 0.1) is 5.92 Å². The van der Waals surface area contributed by atoms with Gasteiger partial charge in [-0.3, -0.25) is 14.0 Å². The van der Waals surface area contributed by atoms with Crippen LogP contribution in [0.25, 0.3) is 26.4 Å². The standard InChI is InChI=1S/C23H22N4O2S/c1-24-22(29)16-5-3-15(4-6-16)18-13-27-19-8-7-17(10-21(19)30-23(27)25-18)20(28)9-14-11-26(2)12-14/h3-8,10,13-14H,9,11-12H2,1-2H3,(H,24,29). The summed E-state index contributed by atoms with van der Waals surface area (Å²) in [6.45, 7) is 2.02. The van der Waals surface area contributed by atoms with Gasteiger partial charge in [-0.25, -0.2) is 4.98 Å². The highest BCUT2D eigenvalue weighted by atomic mass is 32.1. The molecule has 0 radical (unpaired) electrons. The third-order valence-corrected chi connectivity index (χ3v) is 6.72. The molecule has 3 heterocycles. The summed E-state index contributed by atoms with van der Waals surface area (Å²) in [7, 11) is 3.70. The molecule has 0 unspecified atom stereocenters. The number of thiazole rings is 1. The van der Waals surface area contributed by atoms with Gasteiger partial charge in [0.1, 0.15) is 0 Å². The third-order valence-electron chi connectivity index (χ3n) is 5.70. The molecule has 1 amide bonds. The molecule has 5 rings (SSSR count). The number of nitrogens with zero attached hydrogens (tertiary/aromatic N) is 3. The summed E-state index contributed by atoms with van der Waals surface area (Å²) < 4.78 is 3.13. The van der Waals surface area contributed by atoms with E-state index in [1.54, 1.807) is 30.5 Å². The molecule has 1 N–H and O–H groups in total. The zero-order chi connectivity index (χ0) is 20.8. The Labute approximate surface area is 178 Å². The molecule has 30 heavy (non-hydrogen) atoms. The fourth-order valence-electron chi connectivity index (χ4n) is 4.09. The van der Waals surface area contributed by atoms with Crippen molar-refractivity contribution >= 4 is 38.2 Å². The summed E-state index contributed by atoms with van der Waals surface area (Å²) in [5.74, 6) is 0.599. The first kappa shape index (κ1) is 19.0. The lowest BCUT2D eigenvalue weighted by molar-refractivity contribution is 0.0835. The summed E-state index contributed by atoms with van der Waals surface area (Å²) in [6, 6.07) is 13.4. The van der Waals surface area contributed by atoms with Gasteiger partial charge in [0, 0.05) is 49.4 Å². The number of ketones is 1. The van der Waals surface area contributed by atoms with Gasteiger partial charge >= 0.3 is 0 Å². The van der Waals surface area contributed by atoms with Crippen molar-refractivity contribution in [3.05, 3.63) is 59.8 Å². The minimum absolute atomic E-state index is 0.104. The quantitative estimate of drug-likeness (QED) is 0.502. The van der Waals surface area contributed by atoms with Crippen LogP contribution in [0.3, 0.4) is 0 Å². The van der Waals surface area contributed by atoms with Crippen LogP contribution in [0.4, 0.5) is 0 Å². The first-order chi connectivity index (χ1) is 14.5. The van der Waals surface area contributed by atoms with E-state index in [0.29, 0.717) is 17.9 Å². The largest absolute Gasteiger partial charge is 0.355 e. The number of carbonyl (C=O) groups is 2. The monoisotopic (exact) mass is 418 g/mol. The molecule has 152 valence electrons. The number of aromatic nitrogens is 2. The van der Waals surface area contributed by atoms with E-state index >= 15 is 0 Å². The van der Waals surface area contributed by atoms with E-state index in [2.05, 4.69) is 21.7 Å². The van der Waals surface area contributed by atoms with Crippen molar-refractivity contribution in [2.24, 2.45) is 5.92 Å². The first-order valence-electron chi connectivity index (χ1n) is 9.98. The topological polar surface area (TPSA) is 66.7 Å². The van der Waals surface area contributed by atoms with Gasteiger partial charge < -0.3 is 10.2 Å². The number of likely N-dealkylation sites (tertiary alicyclic amines) is 1. The van der Waals surface area contributed by atoms with Crippen LogP contribution in [0.5, 0.6) is 0 Å². The van der Waals surface area contributed by atoms with Gasteiger partial charge in [-0.15, -0.1) is 0 Å². The number of fused-ring (bicyclic) bond motifs is 3. The molecule has 6 nitrogen and oxygen atoms in total. The number of carbonyl (C=O) groups excluding carboxylic acids is 2. The number of hydrogen-bond donors (Lipinski definition) is 1. The Bertz CT molecular complexity index is 1270. The van der Waals surface area contributed by atoms with Gasteiger partial charge in [-0.1, -0.05) is 23.5 Å². The Balaban J connectivity index is 1.41. The molecule has 1 fully saturated rings. The second kappa shape index (κ2) is 7.34. The van der Waals surface area contributed by atoms with Crippen LogP contribution in [0.2, 0.25) is 0 Å². The first-order valence-corrected chi connectivity index (χ1v) is 10.8. The summed E-state index contributed by atoms with van der Waals surface area (Å²) >= 11 is 1.59. The van der Waals surface area contributed by atoms with Crippen molar-refractivity contribution in [1.29, 1.82) is 0 Å². The van der Waals surface area contributed by atoms with Crippen molar-refractivity contribution in [3.8, 4) is 11.3 Å². The predicted octanol–water partition coefficient (Wildman–Crippen LogP) is 3.71. The highest BCUT2D eigenvalue weighted by Crippen LogP contribution is 2.31. The molecule has 2 aromatic heterocycles. The van der Waals surface area contributed by atoms with Crippen molar-refractivity contribution in [2.45, 2.75) is 6.42 Å². The lowest BCUT2D eigenvalue weighted by Crippen LogP contribution is -2.44. The summed E-state index contributed by atoms with van der Waals surface area (Å²) in [6.07, 6.45) is 2.63. The maximum absolute atomic E-state index is 12.6. The van der Waals surface area contributed by atoms with Gasteiger partial charge in [0.25, 0.3) is 5.91 Å². The van der Waals surface area contributed by atoms with Crippen LogP contribution >= 0.6 is 11.3 Å². The van der Waals surface area contributed by atoms with Gasteiger partial charge in [0.2, 0.25) is 0 Å². The lowest BCUT2D eigenvalue weighted by Gasteiger charge is -2.35. The van der Waals surface area contributed by atoms with Crippen molar-refractivity contribution in [2.75, 3.05) is 27.2 Å². The van der Waals surface area contributed by atoms with E-state index in [1.165, 1.54) is 0 Å². The Kier molecular flexibility index (Phi) is 4.64. The van der Waals surface area contributed by atoms with E-state index in [0.717, 1.165) is 45.1 Å². The molecular weight excluding hydrogens is 396 g/mol. The smallest absolute Gasteiger partial charge is 0.251 e. The molecule has 7 heteroatoms. The Morgan fingerprint density at radius 1 is 1.13 bits per heavy atom. The van der Waals surface area contributed by atoms with Crippen molar-refractivity contribution in [3.63, 3.8) is 0 Å². The van der Waals surface area contributed by atoms with E-state index < -0.39 is 0 Å². The molecule has 2 aromatic carbocycles. The fraction of sp³-hybridized carbons (Fsp3) is 0.261. The molecule has 0 bridgehead atoms. The van der Waals surface area contributed by atoms with Crippen LogP contribution in [0.15, 0.2) is 48.7 Å². The van der Waals surface area contributed by atoms with Crippen molar-refractivity contribution < 1.29 is 9.59 Å². The second-order valence-electron chi connectivity index (χ2n) is 7.93. The number of Topliss-reactive ketones (excluding diaryl/α,β-unsaturated/α-hetero) is 1. The summed E-state index contributed by atoms with van der Waals surface area (Å²) in [5.41, 5.74) is 4.28. The number of rotatable bonds is 5. The minimum Gasteiger partial charge on any atom is -0.355 e. The van der Waals surface area contributed by atoms with Gasteiger partial charge in [-0.2, -0.15) is 0 Å². The molecule has 0 atom stereocenters. The second-order valence-corrected chi connectivity index (χ2v) is 8.94. The Morgan fingerprint density at radius 3 is 2.57 bits per heavy atom. The Morgan fingerprint density at radius 2 is 1.87 bits per heavy atom. The van der Waals surface area contributed by atoms with Gasteiger partial charge in [0.05, 0.1) is 15.9 Å². The van der Waals surface area contributed by atoms with Crippen LogP contribution < -0.4 is 5.32 Å². The molecule has 4 aromatic rings. The van der Waals surface area contributed by atoms with E-state index in [-0.39, 0.29) is 11.7 Å². The number of hydrogen-bond acceptors (Lipinski definition) is 5. The zero-order valence-corrected chi connectivity index (χ0v) is 17.7. The minimum atomic E-state index is -0.104. The maximum Gasteiger partial charge on any atom is 0.251 e. The number of benzene rings is 2. The van der Waals surface area contributed by atoms with E-state index in [1.807, 2.05) is 36.5 Å². The SMILES string of the molecule is CNC(=O)c1ccc(-c2cn3c(n2)sc2cc(C(=O)CC4CN(C)C4)ccc23)cc1. The zero-order valence-electron chi connectivity index (χ0n) is 16.9. The Hall–Kier alpha value is -3.03. The highest BCUT2D eigenvalue weighted by molar-refractivity contribution is 7.23. The van der Waals surface area contributed by atoms with Crippen LogP contribution in [0.1, 0.15) is 27.1 Å². The number of imidazole rings is 1. The number of amides is 1.